The topological polar surface area (TPSA) is 80.2 Å². The third-order valence-electron chi connectivity index (χ3n) is 5.79. The van der Waals surface area contributed by atoms with Crippen LogP contribution in [0.1, 0.15) is 43.5 Å². The van der Waals surface area contributed by atoms with Crippen LogP contribution in [0.2, 0.25) is 0 Å². The molecule has 0 saturated carbocycles. The number of benzene rings is 1. The van der Waals surface area contributed by atoms with Crippen molar-refractivity contribution in [2.75, 3.05) is 45.9 Å². The molecule has 7 nitrogen and oxygen atoms in total. The molecule has 28 heavy (non-hydrogen) atoms. The minimum absolute atomic E-state index is 0.114. The molecule has 0 radical (unpaired) electrons. The highest BCUT2D eigenvalue weighted by Crippen LogP contribution is 2.21. The van der Waals surface area contributed by atoms with Gasteiger partial charge in [0.2, 0.25) is 10.0 Å². The summed E-state index contributed by atoms with van der Waals surface area (Å²) in [6, 6.07) is 6.37. The van der Waals surface area contributed by atoms with Gasteiger partial charge in [0.25, 0.3) is 5.91 Å². The van der Waals surface area contributed by atoms with E-state index in [9.17, 15) is 13.2 Å². The third-order valence-corrected chi connectivity index (χ3v) is 7.69. The molecule has 0 bridgehead atoms. The Hall–Kier alpha value is -1.48. The van der Waals surface area contributed by atoms with Crippen molar-refractivity contribution in [3.05, 3.63) is 29.8 Å². The Bertz CT molecular complexity index is 782. The van der Waals surface area contributed by atoms with E-state index in [2.05, 4.69) is 19.2 Å². The standard InChI is InChI=1S/C20H31N3O4S/c1-20(2,22-11-13-27-14-12-22)16-21-19(24)17-7-6-8-18(15-17)28(25,26)23-9-4-3-5-10-23/h6-8,15H,3-5,9-14,16H2,1-2H3,(H,21,24)/p+1. The second kappa shape index (κ2) is 8.90. The van der Waals surface area contributed by atoms with Gasteiger partial charge < -0.3 is 15.0 Å². The highest BCUT2D eigenvalue weighted by atomic mass is 32.2. The molecule has 0 aliphatic carbocycles. The second-order valence-electron chi connectivity index (χ2n) is 8.28. The molecule has 2 aliphatic rings. The molecule has 2 N–H and O–H groups in total. The van der Waals surface area contributed by atoms with Crippen molar-refractivity contribution in [1.82, 2.24) is 9.62 Å². The Kier molecular flexibility index (Phi) is 6.75. The van der Waals surface area contributed by atoms with Crippen molar-refractivity contribution in [2.24, 2.45) is 0 Å². The smallest absolute Gasteiger partial charge is 0.251 e. The molecule has 0 atom stereocenters. The minimum Gasteiger partial charge on any atom is -0.370 e. The Morgan fingerprint density at radius 1 is 1.18 bits per heavy atom. The number of piperidine rings is 1. The lowest BCUT2D eigenvalue weighted by Crippen LogP contribution is -3.22. The van der Waals surface area contributed by atoms with Crippen molar-refractivity contribution in [3.63, 3.8) is 0 Å². The molecule has 2 fully saturated rings. The summed E-state index contributed by atoms with van der Waals surface area (Å²) in [5.41, 5.74) is 0.266. The summed E-state index contributed by atoms with van der Waals surface area (Å²) in [4.78, 5) is 14.3. The van der Waals surface area contributed by atoms with Crippen LogP contribution in [-0.2, 0) is 14.8 Å². The van der Waals surface area contributed by atoms with E-state index in [-0.39, 0.29) is 16.3 Å². The normalized spacial score (nSPS) is 20.1. The van der Waals surface area contributed by atoms with Crippen LogP contribution < -0.4 is 10.2 Å². The highest BCUT2D eigenvalue weighted by Gasteiger charge is 2.33. The molecular formula is C20H32N3O4S+. The zero-order valence-electron chi connectivity index (χ0n) is 16.9. The number of rotatable bonds is 6. The third kappa shape index (κ3) is 4.92. The van der Waals surface area contributed by atoms with E-state index in [4.69, 9.17) is 4.74 Å². The lowest BCUT2D eigenvalue weighted by Gasteiger charge is -2.37. The van der Waals surface area contributed by atoms with Gasteiger partial charge >= 0.3 is 0 Å². The molecule has 8 heteroatoms. The van der Waals surface area contributed by atoms with Crippen molar-refractivity contribution in [1.29, 1.82) is 0 Å². The van der Waals surface area contributed by atoms with Gasteiger partial charge in [0.05, 0.1) is 24.7 Å². The number of carbonyl (C=O) groups is 1. The summed E-state index contributed by atoms with van der Waals surface area (Å²) in [7, 11) is -3.54. The summed E-state index contributed by atoms with van der Waals surface area (Å²) in [5, 5.41) is 2.99. The van der Waals surface area contributed by atoms with Gasteiger partial charge in [0.1, 0.15) is 18.6 Å². The lowest BCUT2D eigenvalue weighted by atomic mass is 10.0. The average molecular weight is 411 g/mol. The van der Waals surface area contributed by atoms with Crippen molar-refractivity contribution in [2.45, 2.75) is 43.5 Å². The molecular weight excluding hydrogens is 378 g/mol. The quantitative estimate of drug-likeness (QED) is 0.706. The summed E-state index contributed by atoms with van der Waals surface area (Å²) in [6.45, 7) is 9.20. The molecule has 2 aliphatic heterocycles. The van der Waals surface area contributed by atoms with Crippen LogP contribution in [0.4, 0.5) is 0 Å². The van der Waals surface area contributed by atoms with Gasteiger partial charge in [-0.25, -0.2) is 8.42 Å². The number of ether oxygens (including phenoxy) is 1. The molecule has 156 valence electrons. The molecule has 0 aromatic heterocycles. The first-order chi connectivity index (χ1) is 13.3. The first kappa shape index (κ1) is 21.2. The monoisotopic (exact) mass is 410 g/mol. The first-order valence-corrected chi connectivity index (χ1v) is 11.6. The average Bonchev–Trinajstić information content (AvgIpc) is 2.73. The predicted molar refractivity (Wildman–Crippen MR) is 107 cm³/mol. The van der Waals surface area contributed by atoms with Gasteiger partial charge in [0.15, 0.2) is 0 Å². The number of quaternary nitrogens is 1. The fraction of sp³-hybridized carbons (Fsp3) is 0.650. The maximum atomic E-state index is 12.9. The van der Waals surface area contributed by atoms with Gasteiger partial charge in [-0.15, -0.1) is 0 Å². The Morgan fingerprint density at radius 3 is 2.54 bits per heavy atom. The SMILES string of the molecule is CC(C)(CNC(=O)c1cccc(S(=O)(=O)N2CCCCC2)c1)[NH+]1CCOCC1. The molecule has 1 aromatic rings. The molecule has 0 unspecified atom stereocenters. The Morgan fingerprint density at radius 2 is 1.86 bits per heavy atom. The fourth-order valence-electron chi connectivity index (χ4n) is 3.88. The van der Waals surface area contributed by atoms with Crippen molar-refractivity contribution < 1.29 is 22.8 Å². The van der Waals surface area contributed by atoms with Gasteiger partial charge in [-0.3, -0.25) is 4.79 Å². The van der Waals surface area contributed by atoms with Gasteiger partial charge in [0, 0.05) is 18.7 Å². The molecule has 0 spiro atoms. The van der Waals surface area contributed by atoms with E-state index in [1.807, 2.05) is 0 Å². The summed E-state index contributed by atoms with van der Waals surface area (Å²) in [6.07, 6.45) is 2.84. The summed E-state index contributed by atoms with van der Waals surface area (Å²) >= 11 is 0. The van der Waals surface area contributed by atoms with E-state index in [0.29, 0.717) is 25.2 Å². The number of nitrogens with one attached hydrogen (secondary N) is 2. The van der Waals surface area contributed by atoms with Crippen LogP contribution in [0.5, 0.6) is 0 Å². The van der Waals surface area contributed by atoms with Crippen LogP contribution >= 0.6 is 0 Å². The van der Waals surface area contributed by atoms with E-state index in [1.54, 1.807) is 18.2 Å². The molecule has 3 rings (SSSR count). The van der Waals surface area contributed by atoms with E-state index in [0.717, 1.165) is 45.6 Å². The maximum absolute atomic E-state index is 12.9. The van der Waals surface area contributed by atoms with E-state index in [1.165, 1.54) is 15.3 Å². The highest BCUT2D eigenvalue weighted by molar-refractivity contribution is 7.89. The largest absolute Gasteiger partial charge is 0.370 e. The first-order valence-electron chi connectivity index (χ1n) is 10.1. The fourth-order valence-corrected chi connectivity index (χ4v) is 5.44. The number of morpholine rings is 1. The van der Waals surface area contributed by atoms with Crippen molar-refractivity contribution >= 4 is 15.9 Å². The number of hydrogen-bond donors (Lipinski definition) is 2. The van der Waals surface area contributed by atoms with Crippen LogP contribution in [0.15, 0.2) is 29.2 Å². The number of carbonyl (C=O) groups excluding carboxylic acids is 1. The lowest BCUT2D eigenvalue weighted by molar-refractivity contribution is -0.954. The molecule has 1 aromatic carbocycles. The zero-order valence-corrected chi connectivity index (χ0v) is 17.7. The molecule has 2 saturated heterocycles. The maximum Gasteiger partial charge on any atom is 0.251 e. The van der Waals surface area contributed by atoms with Crippen LogP contribution in [0.3, 0.4) is 0 Å². The van der Waals surface area contributed by atoms with E-state index >= 15 is 0 Å². The summed E-state index contributed by atoms with van der Waals surface area (Å²) < 4.78 is 32.7. The number of nitrogens with zero attached hydrogens (tertiary/aromatic N) is 1. The molecule has 2 heterocycles. The van der Waals surface area contributed by atoms with E-state index < -0.39 is 10.0 Å². The van der Waals surface area contributed by atoms with Crippen LogP contribution in [0.25, 0.3) is 0 Å². The Balaban J connectivity index is 1.66. The second-order valence-corrected chi connectivity index (χ2v) is 10.2. The van der Waals surface area contributed by atoms with Gasteiger partial charge in [-0.05, 0) is 44.9 Å². The Labute approximate surface area is 168 Å². The van der Waals surface area contributed by atoms with Crippen LogP contribution in [0, 0.1) is 0 Å². The van der Waals surface area contributed by atoms with Crippen LogP contribution in [-0.4, -0.2) is 70.1 Å². The van der Waals surface area contributed by atoms with Gasteiger partial charge in [-0.1, -0.05) is 12.5 Å². The molecule has 1 amide bonds. The number of hydrogen-bond acceptors (Lipinski definition) is 4. The zero-order chi connectivity index (χ0) is 20.2. The number of sulfonamides is 1. The van der Waals surface area contributed by atoms with Gasteiger partial charge in [-0.2, -0.15) is 4.31 Å². The summed E-state index contributed by atoms with van der Waals surface area (Å²) in [5.74, 6) is -0.239. The van der Waals surface area contributed by atoms with Crippen molar-refractivity contribution in [3.8, 4) is 0 Å². The minimum atomic E-state index is -3.54. The predicted octanol–water partition coefficient (Wildman–Crippen LogP) is 0.285. The number of amides is 1.